The van der Waals surface area contributed by atoms with Crippen LogP contribution in [-0.4, -0.2) is 42.0 Å². The van der Waals surface area contributed by atoms with Crippen LogP contribution in [0.1, 0.15) is 39.5 Å². The Morgan fingerprint density at radius 1 is 1.41 bits per heavy atom. The lowest BCUT2D eigenvalue weighted by atomic mass is 9.86. The van der Waals surface area contributed by atoms with Crippen LogP contribution in [0.3, 0.4) is 0 Å². The van der Waals surface area contributed by atoms with Gasteiger partial charge in [-0.3, -0.25) is 0 Å². The fraction of sp³-hybridized carbons (Fsp3) is 1.00. The highest BCUT2D eigenvalue weighted by molar-refractivity contribution is 7.99. The molecule has 0 saturated carbocycles. The van der Waals surface area contributed by atoms with Crippen LogP contribution in [0.25, 0.3) is 0 Å². The lowest BCUT2D eigenvalue weighted by molar-refractivity contribution is -0.140. The average molecular weight is 259 g/mol. The van der Waals surface area contributed by atoms with Gasteiger partial charge in [0.2, 0.25) is 0 Å². The predicted molar refractivity (Wildman–Crippen MR) is 72.5 cm³/mol. The lowest BCUT2D eigenvalue weighted by Crippen LogP contribution is -2.47. The summed E-state index contributed by atoms with van der Waals surface area (Å²) in [6, 6.07) is 0. The highest BCUT2D eigenvalue weighted by atomic mass is 32.2. The minimum absolute atomic E-state index is 0.118. The Kier molecular flexibility index (Phi) is 4.40. The first-order valence-electron chi connectivity index (χ1n) is 6.61. The second-order valence-electron chi connectivity index (χ2n) is 6.06. The first-order valence-corrected chi connectivity index (χ1v) is 7.77. The van der Waals surface area contributed by atoms with Crippen molar-refractivity contribution in [2.24, 2.45) is 5.73 Å². The summed E-state index contributed by atoms with van der Waals surface area (Å²) < 4.78 is 12.0. The molecule has 0 aliphatic carbocycles. The highest BCUT2D eigenvalue weighted by Gasteiger charge is 2.39. The molecule has 2 N–H and O–H groups in total. The maximum Gasteiger partial charge on any atom is 0.0723 e. The second kappa shape index (κ2) is 5.47. The number of hydrogen-bond donors (Lipinski definition) is 1. The molecule has 100 valence electrons. The van der Waals surface area contributed by atoms with E-state index in [1.807, 2.05) is 25.6 Å². The molecular weight excluding hydrogens is 234 g/mol. The monoisotopic (exact) mass is 259 g/mol. The molecule has 2 aliphatic heterocycles. The van der Waals surface area contributed by atoms with Gasteiger partial charge in [-0.2, -0.15) is 11.8 Å². The fourth-order valence-corrected chi connectivity index (χ4v) is 3.79. The maximum atomic E-state index is 6.04. The van der Waals surface area contributed by atoms with Gasteiger partial charge in [-0.1, -0.05) is 0 Å². The molecule has 0 bridgehead atoms. The second-order valence-corrected chi connectivity index (χ2v) is 7.28. The van der Waals surface area contributed by atoms with Crippen molar-refractivity contribution in [3.05, 3.63) is 0 Å². The molecular formula is C13H25NO2S. The molecule has 2 rings (SSSR count). The van der Waals surface area contributed by atoms with Gasteiger partial charge in [0.1, 0.15) is 0 Å². The number of nitrogens with two attached hydrogens (primary N) is 1. The third-order valence-electron chi connectivity index (χ3n) is 3.54. The molecule has 0 aromatic carbocycles. The standard InChI is InChI=1S/C13H25NO2S/c1-12(2,14)10-15-11-3-6-16-13(9-11)4-7-17-8-5-13/h11H,3-10,14H2,1-2H3. The first-order chi connectivity index (χ1) is 7.99. The van der Waals surface area contributed by atoms with Crippen molar-refractivity contribution in [3.8, 4) is 0 Å². The average Bonchev–Trinajstić information content (AvgIpc) is 2.27. The zero-order chi connectivity index (χ0) is 12.4. The minimum Gasteiger partial charge on any atom is -0.376 e. The van der Waals surface area contributed by atoms with Gasteiger partial charge in [0.15, 0.2) is 0 Å². The molecule has 2 aliphatic rings. The van der Waals surface area contributed by atoms with Crippen LogP contribution in [0, 0.1) is 0 Å². The van der Waals surface area contributed by atoms with Crippen LogP contribution < -0.4 is 5.73 Å². The van der Waals surface area contributed by atoms with E-state index in [2.05, 4.69) is 0 Å². The van der Waals surface area contributed by atoms with E-state index in [0.29, 0.717) is 12.7 Å². The molecule has 17 heavy (non-hydrogen) atoms. The van der Waals surface area contributed by atoms with Crippen LogP contribution in [-0.2, 0) is 9.47 Å². The predicted octanol–water partition coefficient (Wildman–Crippen LogP) is 2.19. The van der Waals surface area contributed by atoms with Crippen molar-refractivity contribution >= 4 is 11.8 Å². The van der Waals surface area contributed by atoms with Crippen molar-refractivity contribution in [3.63, 3.8) is 0 Å². The quantitative estimate of drug-likeness (QED) is 0.844. The summed E-state index contributed by atoms with van der Waals surface area (Å²) in [5.74, 6) is 2.46. The number of thioether (sulfide) groups is 1. The topological polar surface area (TPSA) is 44.5 Å². The first kappa shape index (κ1) is 13.7. The van der Waals surface area contributed by atoms with Gasteiger partial charge < -0.3 is 15.2 Å². The molecule has 0 aromatic rings. The van der Waals surface area contributed by atoms with Crippen molar-refractivity contribution in [1.82, 2.24) is 0 Å². The van der Waals surface area contributed by atoms with Gasteiger partial charge in [0.05, 0.1) is 18.3 Å². The molecule has 0 radical (unpaired) electrons. The van der Waals surface area contributed by atoms with Crippen LogP contribution in [0.2, 0.25) is 0 Å². The van der Waals surface area contributed by atoms with E-state index in [-0.39, 0.29) is 11.1 Å². The lowest BCUT2D eigenvalue weighted by Gasteiger charge is -2.43. The molecule has 2 fully saturated rings. The SMILES string of the molecule is CC(C)(N)COC1CCOC2(CCSCC2)C1. The summed E-state index contributed by atoms with van der Waals surface area (Å²) in [5.41, 5.74) is 5.85. The van der Waals surface area contributed by atoms with E-state index in [1.54, 1.807) is 0 Å². The normalized spacial score (nSPS) is 29.5. The molecule has 3 nitrogen and oxygen atoms in total. The van der Waals surface area contributed by atoms with Crippen molar-refractivity contribution in [1.29, 1.82) is 0 Å². The summed E-state index contributed by atoms with van der Waals surface area (Å²) in [6.07, 6.45) is 4.79. The van der Waals surface area contributed by atoms with Gasteiger partial charge in [0, 0.05) is 18.6 Å². The van der Waals surface area contributed by atoms with Crippen molar-refractivity contribution < 1.29 is 9.47 Å². The largest absolute Gasteiger partial charge is 0.376 e. The van der Waals surface area contributed by atoms with Crippen LogP contribution >= 0.6 is 11.8 Å². The van der Waals surface area contributed by atoms with Crippen LogP contribution in [0.5, 0.6) is 0 Å². The van der Waals surface area contributed by atoms with Gasteiger partial charge in [-0.05, 0) is 44.6 Å². The molecule has 1 spiro atoms. The summed E-state index contributed by atoms with van der Waals surface area (Å²) in [4.78, 5) is 0. The van der Waals surface area contributed by atoms with Gasteiger partial charge in [0.25, 0.3) is 0 Å². The number of hydrogen-bond acceptors (Lipinski definition) is 4. The third kappa shape index (κ3) is 4.12. The molecule has 0 amide bonds. The van der Waals surface area contributed by atoms with E-state index in [0.717, 1.165) is 19.4 Å². The molecule has 2 heterocycles. The number of rotatable bonds is 3. The Balaban J connectivity index is 1.84. The molecule has 1 unspecified atom stereocenters. The van der Waals surface area contributed by atoms with Crippen molar-refractivity contribution in [2.75, 3.05) is 24.7 Å². The summed E-state index contributed by atoms with van der Waals surface area (Å²) in [5, 5.41) is 0. The van der Waals surface area contributed by atoms with Gasteiger partial charge in [-0.25, -0.2) is 0 Å². The van der Waals surface area contributed by atoms with Gasteiger partial charge in [-0.15, -0.1) is 0 Å². The van der Waals surface area contributed by atoms with E-state index >= 15 is 0 Å². The summed E-state index contributed by atoms with van der Waals surface area (Å²) in [6.45, 7) is 5.52. The molecule has 2 saturated heterocycles. The zero-order valence-electron chi connectivity index (χ0n) is 11.0. The third-order valence-corrected chi connectivity index (χ3v) is 4.53. The Morgan fingerprint density at radius 3 is 2.76 bits per heavy atom. The molecule has 1 atom stereocenters. The van der Waals surface area contributed by atoms with E-state index in [9.17, 15) is 0 Å². The van der Waals surface area contributed by atoms with Crippen molar-refractivity contribution in [2.45, 2.75) is 56.8 Å². The smallest absolute Gasteiger partial charge is 0.0723 e. The Hall–Kier alpha value is 0.230. The maximum absolute atomic E-state index is 6.04. The van der Waals surface area contributed by atoms with Crippen LogP contribution in [0.15, 0.2) is 0 Å². The highest BCUT2D eigenvalue weighted by Crippen LogP contribution is 2.38. The summed E-state index contributed by atoms with van der Waals surface area (Å²) >= 11 is 2.04. The fourth-order valence-electron chi connectivity index (χ4n) is 2.55. The van der Waals surface area contributed by atoms with Gasteiger partial charge >= 0.3 is 0 Å². The van der Waals surface area contributed by atoms with E-state index in [4.69, 9.17) is 15.2 Å². The minimum atomic E-state index is -0.228. The zero-order valence-corrected chi connectivity index (χ0v) is 11.9. The molecule has 0 aromatic heterocycles. The van der Waals surface area contributed by atoms with Crippen LogP contribution in [0.4, 0.5) is 0 Å². The Labute approximate surface area is 109 Å². The molecule has 4 heteroatoms. The number of ether oxygens (including phenoxy) is 2. The Morgan fingerprint density at radius 2 is 2.12 bits per heavy atom. The van der Waals surface area contributed by atoms with E-state index < -0.39 is 0 Å². The Bertz CT molecular complexity index is 241. The summed E-state index contributed by atoms with van der Waals surface area (Å²) in [7, 11) is 0. The van der Waals surface area contributed by atoms with E-state index in [1.165, 1.54) is 24.3 Å².